The molecule has 1 amide bonds. The predicted octanol–water partition coefficient (Wildman–Crippen LogP) is 2.55. The number of aryl methyl sites for hydroxylation is 1. The van der Waals surface area contributed by atoms with Gasteiger partial charge in [0.1, 0.15) is 0 Å². The van der Waals surface area contributed by atoms with Gasteiger partial charge in [-0.15, -0.1) is 0 Å². The third kappa shape index (κ3) is 2.75. The molecule has 1 aromatic rings. The van der Waals surface area contributed by atoms with Gasteiger partial charge in [-0.2, -0.15) is 0 Å². The lowest BCUT2D eigenvalue weighted by Crippen LogP contribution is -2.26. The van der Waals surface area contributed by atoms with E-state index in [9.17, 15) is 13.2 Å². The van der Waals surface area contributed by atoms with Crippen LogP contribution in [0, 0.1) is 24.7 Å². The summed E-state index contributed by atoms with van der Waals surface area (Å²) >= 11 is 0. The van der Waals surface area contributed by atoms with Crippen molar-refractivity contribution < 1.29 is 13.2 Å². The van der Waals surface area contributed by atoms with Crippen LogP contribution in [-0.2, 0) is 14.6 Å². The number of nitrogens with one attached hydrogen (secondary N) is 1. The highest BCUT2D eigenvalue weighted by Gasteiger charge is 2.39. The summed E-state index contributed by atoms with van der Waals surface area (Å²) in [4.78, 5) is 12.7. The van der Waals surface area contributed by atoms with Crippen molar-refractivity contribution in [2.45, 2.75) is 24.7 Å². The van der Waals surface area contributed by atoms with Crippen molar-refractivity contribution in [2.75, 3.05) is 11.6 Å². The van der Waals surface area contributed by atoms with Crippen LogP contribution in [0.15, 0.2) is 35.2 Å². The van der Waals surface area contributed by atoms with Crippen molar-refractivity contribution in [2.24, 2.45) is 17.8 Å². The first-order valence-corrected chi connectivity index (χ1v) is 9.03. The van der Waals surface area contributed by atoms with Crippen LogP contribution < -0.4 is 5.32 Å². The Morgan fingerprint density at radius 1 is 1.24 bits per heavy atom. The molecule has 0 unspecified atom stereocenters. The van der Waals surface area contributed by atoms with Gasteiger partial charge in [0.25, 0.3) is 0 Å². The van der Waals surface area contributed by atoms with Crippen molar-refractivity contribution in [3.63, 3.8) is 0 Å². The maximum absolute atomic E-state index is 12.4. The van der Waals surface area contributed by atoms with Gasteiger partial charge in [0, 0.05) is 17.9 Å². The molecule has 4 nitrogen and oxygen atoms in total. The molecule has 1 fully saturated rings. The normalized spacial score (nSPS) is 27.0. The van der Waals surface area contributed by atoms with E-state index in [2.05, 4.69) is 17.5 Å². The van der Waals surface area contributed by atoms with E-state index in [1.54, 1.807) is 18.2 Å². The van der Waals surface area contributed by atoms with Gasteiger partial charge in [0.05, 0.1) is 4.90 Å². The van der Waals surface area contributed by atoms with Gasteiger partial charge in [0.2, 0.25) is 5.91 Å². The van der Waals surface area contributed by atoms with Crippen LogP contribution in [0.1, 0.15) is 18.4 Å². The summed E-state index contributed by atoms with van der Waals surface area (Å²) in [7, 11) is -3.27. The first-order chi connectivity index (χ1) is 9.84. The van der Waals surface area contributed by atoms with E-state index >= 15 is 0 Å². The lowest BCUT2D eigenvalue weighted by Gasteiger charge is -2.18. The zero-order valence-corrected chi connectivity index (χ0v) is 13.0. The molecule has 0 spiro atoms. The number of sulfone groups is 1. The van der Waals surface area contributed by atoms with E-state index < -0.39 is 9.84 Å². The highest BCUT2D eigenvalue weighted by atomic mass is 32.2. The lowest BCUT2D eigenvalue weighted by atomic mass is 9.92. The van der Waals surface area contributed by atoms with E-state index in [1.807, 2.05) is 6.92 Å². The number of anilines is 1. The summed E-state index contributed by atoms with van der Waals surface area (Å²) in [5, 5.41) is 2.91. The Kier molecular flexibility index (Phi) is 3.40. The molecule has 0 radical (unpaired) electrons. The summed E-state index contributed by atoms with van der Waals surface area (Å²) in [5.41, 5.74) is 1.46. The fourth-order valence-corrected chi connectivity index (χ4v) is 3.92. The number of benzene rings is 1. The molecule has 2 aliphatic rings. The van der Waals surface area contributed by atoms with Crippen LogP contribution in [0.25, 0.3) is 0 Å². The Bertz CT molecular complexity index is 721. The second-order valence-electron chi connectivity index (χ2n) is 6.12. The van der Waals surface area contributed by atoms with Crippen molar-refractivity contribution in [1.82, 2.24) is 0 Å². The Morgan fingerprint density at radius 2 is 2.00 bits per heavy atom. The van der Waals surface area contributed by atoms with E-state index in [4.69, 9.17) is 0 Å². The molecule has 0 heterocycles. The number of allylic oxidation sites excluding steroid dienone is 2. The van der Waals surface area contributed by atoms with Gasteiger partial charge in [-0.25, -0.2) is 8.42 Å². The number of carbonyl (C=O) groups excluding carboxylic acids is 1. The summed E-state index contributed by atoms with van der Waals surface area (Å²) in [6, 6.07) is 4.85. The quantitative estimate of drug-likeness (QED) is 0.873. The third-order valence-electron chi connectivity index (χ3n) is 4.51. The molecule has 1 N–H and O–H groups in total. The highest BCUT2D eigenvalue weighted by molar-refractivity contribution is 7.90. The van der Waals surface area contributed by atoms with E-state index in [1.165, 1.54) is 6.26 Å². The molecule has 1 aromatic carbocycles. The monoisotopic (exact) mass is 305 g/mol. The molecule has 112 valence electrons. The minimum Gasteiger partial charge on any atom is -0.326 e. The topological polar surface area (TPSA) is 63.2 Å². The molecule has 0 saturated heterocycles. The number of hydrogen-bond donors (Lipinski definition) is 1. The summed E-state index contributed by atoms with van der Waals surface area (Å²) in [5.74, 6) is 0.893. The Hall–Kier alpha value is -1.62. The smallest absolute Gasteiger partial charge is 0.228 e. The standard InChI is InChI=1S/C16H19NO3S/c1-10-3-6-13(21(2,19)20)9-15(10)17-16(18)14-8-11-4-5-12(14)7-11/h3-6,9,11-12,14H,7-8H2,1-2H3,(H,17,18)/t11-,12-,14+/m0/s1. The summed E-state index contributed by atoms with van der Waals surface area (Å²) in [6.45, 7) is 1.86. The van der Waals surface area contributed by atoms with E-state index in [0.717, 1.165) is 18.4 Å². The minimum absolute atomic E-state index is 0.000557. The zero-order chi connectivity index (χ0) is 15.2. The second kappa shape index (κ2) is 4.98. The molecular weight excluding hydrogens is 286 g/mol. The Balaban J connectivity index is 1.81. The average Bonchev–Trinajstić information content (AvgIpc) is 3.02. The second-order valence-corrected chi connectivity index (χ2v) is 8.14. The molecule has 2 aliphatic carbocycles. The number of rotatable bonds is 3. The van der Waals surface area contributed by atoms with E-state index in [0.29, 0.717) is 17.5 Å². The number of hydrogen-bond acceptors (Lipinski definition) is 3. The van der Waals surface area contributed by atoms with Gasteiger partial charge in [-0.05, 0) is 49.3 Å². The van der Waals surface area contributed by atoms with Crippen LogP contribution >= 0.6 is 0 Å². The molecule has 0 aromatic heterocycles. The van der Waals surface area contributed by atoms with Crippen molar-refractivity contribution in [3.8, 4) is 0 Å². The summed E-state index contributed by atoms with van der Waals surface area (Å²) < 4.78 is 23.2. The largest absolute Gasteiger partial charge is 0.326 e. The maximum atomic E-state index is 12.4. The molecule has 21 heavy (non-hydrogen) atoms. The Morgan fingerprint density at radius 3 is 2.57 bits per heavy atom. The maximum Gasteiger partial charge on any atom is 0.228 e. The number of fused-ring (bicyclic) bond motifs is 2. The van der Waals surface area contributed by atoms with Crippen molar-refractivity contribution in [3.05, 3.63) is 35.9 Å². The summed E-state index contributed by atoms with van der Waals surface area (Å²) in [6.07, 6.45) is 7.48. The predicted molar refractivity (Wildman–Crippen MR) is 81.8 cm³/mol. The van der Waals surface area contributed by atoms with Crippen LogP contribution in [-0.4, -0.2) is 20.6 Å². The third-order valence-corrected chi connectivity index (χ3v) is 5.62. The van der Waals surface area contributed by atoms with Crippen LogP contribution in [0.4, 0.5) is 5.69 Å². The molecule has 3 atom stereocenters. The average molecular weight is 305 g/mol. The highest BCUT2D eigenvalue weighted by Crippen LogP contribution is 2.43. The van der Waals surface area contributed by atoms with Crippen molar-refractivity contribution >= 4 is 21.4 Å². The number of carbonyl (C=O) groups is 1. The van der Waals surface area contributed by atoms with Gasteiger partial charge >= 0.3 is 0 Å². The Labute approximate surface area is 125 Å². The van der Waals surface area contributed by atoms with Crippen molar-refractivity contribution in [1.29, 1.82) is 0 Å². The molecule has 0 aliphatic heterocycles. The fourth-order valence-electron chi connectivity index (χ4n) is 3.27. The molecular formula is C16H19NO3S. The molecule has 2 bridgehead atoms. The SMILES string of the molecule is Cc1ccc(S(C)(=O)=O)cc1NC(=O)[C@@H]1C[C@H]2C=C[C@H]1C2. The molecule has 5 heteroatoms. The number of amides is 1. The van der Waals surface area contributed by atoms with Gasteiger partial charge in [-0.1, -0.05) is 18.2 Å². The van der Waals surface area contributed by atoms with E-state index in [-0.39, 0.29) is 16.7 Å². The van der Waals surface area contributed by atoms with Gasteiger partial charge < -0.3 is 5.32 Å². The lowest BCUT2D eigenvalue weighted by molar-refractivity contribution is -0.120. The van der Waals surface area contributed by atoms with Crippen LogP contribution in [0.2, 0.25) is 0 Å². The first-order valence-electron chi connectivity index (χ1n) is 7.14. The zero-order valence-electron chi connectivity index (χ0n) is 12.2. The van der Waals surface area contributed by atoms with Crippen LogP contribution in [0.3, 0.4) is 0 Å². The van der Waals surface area contributed by atoms with Gasteiger partial charge in [-0.3, -0.25) is 4.79 Å². The molecule has 1 saturated carbocycles. The molecule has 3 rings (SSSR count). The van der Waals surface area contributed by atoms with Crippen LogP contribution in [0.5, 0.6) is 0 Å². The van der Waals surface area contributed by atoms with Gasteiger partial charge in [0.15, 0.2) is 9.84 Å². The fraction of sp³-hybridized carbons (Fsp3) is 0.438. The first kappa shape index (κ1) is 14.3. The minimum atomic E-state index is -3.27.